The minimum atomic E-state index is -0.608. The van der Waals surface area contributed by atoms with E-state index in [-0.39, 0.29) is 17.6 Å². The molecule has 0 saturated heterocycles. The lowest BCUT2D eigenvalue weighted by atomic mass is 10.0. The van der Waals surface area contributed by atoms with E-state index in [1.807, 2.05) is 27.9 Å². The molecule has 2 unspecified atom stereocenters. The number of hydrogen-bond acceptors (Lipinski definition) is 4. The van der Waals surface area contributed by atoms with Crippen molar-refractivity contribution in [1.29, 1.82) is 0 Å². The number of amides is 1. The van der Waals surface area contributed by atoms with E-state index in [2.05, 4.69) is 4.90 Å². The molecule has 138 valence electrons. The molecule has 0 fully saturated rings. The summed E-state index contributed by atoms with van der Waals surface area (Å²) >= 11 is 5.93. The number of rotatable bonds is 7. The molecule has 0 N–H and O–H groups in total. The van der Waals surface area contributed by atoms with Crippen LogP contribution >= 0.6 is 11.6 Å². The molecule has 0 aliphatic carbocycles. The van der Waals surface area contributed by atoms with Crippen molar-refractivity contribution in [2.45, 2.75) is 38.7 Å². The topological polar surface area (TPSA) is 49.9 Å². The van der Waals surface area contributed by atoms with E-state index in [0.717, 1.165) is 13.0 Å². The average Bonchev–Trinajstić information content (AvgIpc) is 2.54. The molecule has 5 nitrogen and oxygen atoms in total. The Morgan fingerprint density at radius 3 is 2.56 bits per heavy atom. The summed E-state index contributed by atoms with van der Waals surface area (Å²) in [5, 5.41) is -0.608. The molecule has 1 aromatic carbocycles. The van der Waals surface area contributed by atoms with E-state index in [1.54, 1.807) is 30.0 Å². The zero-order valence-corrected chi connectivity index (χ0v) is 16.3. The van der Waals surface area contributed by atoms with E-state index >= 15 is 0 Å². The molecule has 1 amide bonds. The second-order valence-electron chi connectivity index (χ2n) is 7.09. The van der Waals surface area contributed by atoms with Gasteiger partial charge in [-0.1, -0.05) is 13.8 Å². The van der Waals surface area contributed by atoms with Gasteiger partial charge in [0.25, 0.3) is 5.91 Å². The van der Waals surface area contributed by atoms with E-state index in [4.69, 9.17) is 16.3 Å². The molecule has 6 heteroatoms. The molecule has 1 aliphatic heterocycles. The van der Waals surface area contributed by atoms with Crippen LogP contribution in [-0.2, 0) is 4.79 Å². The van der Waals surface area contributed by atoms with Gasteiger partial charge in [0.2, 0.25) is 0 Å². The molecule has 0 bridgehead atoms. The predicted octanol–water partition coefficient (Wildman–Crippen LogP) is 3.20. The largest absolute Gasteiger partial charge is 0.478 e. The normalized spacial score (nSPS) is 18.3. The number of nitrogens with zero attached hydrogens (tertiary/aromatic N) is 2. The second kappa shape index (κ2) is 8.19. The third-order valence-electron chi connectivity index (χ3n) is 4.25. The SMILES string of the molecule is CC(Cl)C(=O)c1ccc2c(c1)N(CCCN(C)C)C(=O)C(C(C)C)O2. The maximum Gasteiger partial charge on any atom is 0.268 e. The summed E-state index contributed by atoms with van der Waals surface area (Å²) < 4.78 is 5.91. The highest BCUT2D eigenvalue weighted by molar-refractivity contribution is 6.33. The van der Waals surface area contributed by atoms with Gasteiger partial charge in [0.15, 0.2) is 11.9 Å². The van der Waals surface area contributed by atoms with Crippen LogP contribution in [0.1, 0.15) is 37.6 Å². The smallest absolute Gasteiger partial charge is 0.268 e. The van der Waals surface area contributed by atoms with Gasteiger partial charge in [-0.15, -0.1) is 11.6 Å². The van der Waals surface area contributed by atoms with Crippen molar-refractivity contribution in [3.8, 4) is 5.75 Å². The Bertz CT molecular complexity index is 644. The van der Waals surface area contributed by atoms with Crippen molar-refractivity contribution < 1.29 is 14.3 Å². The van der Waals surface area contributed by atoms with E-state index < -0.39 is 11.5 Å². The van der Waals surface area contributed by atoms with Gasteiger partial charge in [-0.05, 0) is 58.1 Å². The number of hydrogen-bond donors (Lipinski definition) is 0. The molecule has 0 spiro atoms. The molecule has 1 aliphatic rings. The molecule has 2 atom stereocenters. The van der Waals surface area contributed by atoms with Gasteiger partial charge in [-0.3, -0.25) is 9.59 Å². The summed E-state index contributed by atoms with van der Waals surface area (Å²) in [6.07, 6.45) is 0.341. The van der Waals surface area contributed by atoms with Gasteiger partial charge in [0, 0.05) is 12.1 Å². The highest BCUT2D eigenvalue weighted by atomic mass is 35.5. The Labute approximate surface area is 154 Å². The molecule has 1 heterocycles. The summed E-state index contributed by atoms with van der Waals surface area (Å²) in [7, 11) is 4.01. The number of Topliss-reactive ketones (excluding diaryl/α,β-unsaturated/α-hetero) is 1. The van der Waals surface area contributed by atoms with Crippen molar-refractivity contribution in [1.82, 2.24) is 4.90 Å². The number of ether oxygens (including phenoxy) is 1. The van der Waals surface area contributed by atoms with Crippen LogP contribution in [0.5, 0.6) is 5.75 Å². The number of anilines is 1. The van der Waals surface area contributed by atoms with Crippen LogP contribution in [0.4, 0.5) is 5.69 Å². The standard InChI is InChI=1S/C19H27ClN2O3/c1-12(2)18-19(24)22(10-6-9-21(4)5)15-11-14(17(23)13(3)20)7-8-16(15)25-18/h7-8,11-13,18H,6,9-10H2,1-5H3. The number of alkyl halides is 1. The van der Waals surface area contributed by atoms with Gasteiger partial charge in [-0.2, -0.15) is 0 Å². The van der Waals surface area contributed by atoms with Crippen LogP contribution in [0.15, 0.2) is 18.2 Å². The van der Waals surface area contributed by atoms with Gasteiger partial charge < -0.3 is 14.5 Å². The van der Waals surface area contributed by atoms with Crippen molar-refractivity contribution in [2.24, 2.45) is 5.92 Å². The van der Waals surface area contributed by atoms with Crippen molar-refractivity contribution in [3.63, 3.8) is 0 Å². The molecular weight excluding hydrogens is 340 g/mol. The number of fused-ring (bicyclic) bond motifs is 1. The maximum absolute atomic E-state index is 12.9. The van der Waals surface area contributed by atoms with Crippen LogP contribution in [0.3, 0.4) is 0 Å². The second-order valence-corrected chi connectivity index (χ2v) is 7.75. The first-order valence-electron chi connectivity index (χ1n) is 8.67. The number of carbonyl (C=O) groups excluding carboxylic acids is 2. The van der Waals surface area contributed by atoms with Gasteiger partial charge in [0.1, 0.15) is 5.75 Å². The fourth-order valence-electron chi connectivity index (χ4n) is 2.87. The van der Waals surface area contributed by atoms with Gasteiger partial charge in [-0.25, -0.2) is 0 Å². The van der Waals surface area contributed by atoms with E-state index in [0.29, 0.717) is 23.5 Å². The lowest BCUT2D eigenvalue weighted by molar-refractivity contribution is -0.128. The summed E-state index contributed by atoms with van der Waals surface area (Å²) in [6.45, 7) is 7.06. The lowest BCUT2D eigenvalue weighted by Crippen LogP contribution is -2.49. The molecule has 1 aromatic rings. The Morgan fingerprint density at radius 1 is 1.32 bits per heavy atom. The van der Waals surface area contributed by atoms with Crippen LogP contribution in [0, 0.1) is 5.92 Å². The fraction of sp³-hybridized carbons (Fsp3) is 0.579. The van der Waals surface area contributed by atoms with Crippen molar-refractivity contribution in [3.05, 3.63) is 23.8 Å². The molecular formula is C19H27ClN2O3. The molecule has 0 saturated carbocycles. The first-order valence-corrected chi connectivity index (χ1v) is 9.11. The van der Waals surface area contributed by atoms with Crippen molar-refractivity contribution in [2.75, 3.05) is 32.1 Å². The van der Waals surface area contributed by atoms with Crippen molar-refractivity contribution >= 4 is 29.0 Å². The van der Waals surface area contributed by atoms with Crippen LogP contribution in [0.2, 0.25) is 0 Å². The summed E-state index contributed by atoms with van der Waals surface area (Å²) in [6, 6.07) is 5.20. The number of halogens is 1. The highest BCUT2D eigenvalue weighted by Gasteiger charge is 2.36. The number of carbonyl (C=O) groups is 2. The Kier molecular flexibility index (Phi) is 6.47. The molecule has 0 radical (unpaired) electrons. The number of ketones is 1. The zero-order chi connectivity index (χ0) is 18.7. The average molecular weight is 367 g/mol. The third kappa shape index (κ3) is 4.53. The molecule has 25 heavy (non-hydrogen) atoms. The van der Waals surface area contributed by atoms with Gasteiger partial charge >= 0.3 is 0 Å². The molecule has 0 aromatic heterocycles. The van der Waals surface area contributed by atoms with E-state index in [1.165, 1.54) is 0 Å². The van der Waals surface area contributed by atoms with E-state index in [9.17, 15) is 9.59 Å². The third-order valence-corrected chi connectivity index (χ3v) is 4.45. The number of benzene rings is 1. The van der Waals surface area contributed by atoms with Crippen LogP contribution in [-0.4, -0.2) is 55.3 Å². The van der Waals surface area contributed by atoms with Gasteiger partial charge in [0.05, 0.1) is 11.1 Å². The molecule has 2 rings (SSSR count). The summed E-state index contributed by atoms with van der Waals surface area (Å²) in [5.74, 6) is 0.504. The van der Waals surface area contributed by atoms with Crippen LogP contribution in [0.25, 0.3) is 0 Å². The summed E-state index contributed by atoms with van der Waals surface area (Å²) in [5.41, 5.74) is 1.15. The Morgan fingerprint density at radius 2 is 2.00 bits per heavy atom. The van der Waals surface area contributed by atoms with Crippen LogP contribution < -0.4 is 9.64 Å². The first kappa shape index (κ1) is 19.7. The minimum absolute atomic E-state index is 0.0511. The fourth-order valence-corrected chi connectivity index (χ4v) is 2.99. The highest BCUT2D eigenvalue weighted by Crippen LogP contribution is 2.37. The first-order chi connectivity index (χ1) is 11.7. The maximum atomic E-state index is 12.9. The zero-order valence-electron chi connectivity index (χ0n) is 15.6. The Hall–Kier alpha value is -1.59. The summed E-state index contributed by atoms with van der Waals surface area (Å²) in [4.78, 5) is 28.9. The lowest BCUT2D eigenvalue weighted by Gasteiger charge is -2.36. The predicted molar refractivity (Wildman–Crippen MR) is 101 cm³/mol. The monoisotopic (exact) mass is 366 g/mol. The Balaban J connectivity index is 2.36. The quantitative estimate of drug-likeness (QED) is 0.549. The minimum Gasteiger partial charge on any atom is -0.478 e.